The summed E-state index contributed by atoms with van der Waals surface area (Å²) >= 11 is 2.22. The molecule has 0 aromatic heterocycles. The van der Waals surface area contributed by atoms with Crippen LogP contribution in [-0.4, -0.2) is 7.11 Å². The molecule has 0 spiro atoms. The molecule has 1 aromatic rings. The largest absolute Gasteiger partial charge is 0.495 e. The highest BCUT2D eigenvalue weighted by Crippen LogP contribution is 2.24. The monoisotopic (exact) mass is 259 g/mol. The van der Waals surface area contributed by atoms with Crippen LogP contribution in [0.4, 0.5) is 0 Å². The highest BCUT2D eigenvalue weighted by atomic mass is 127. The predicted octanol–water partition coefficient (Wildman–Crippen LogP) is 2.64. The Morgan fingerprint density at radius 3 is 2.73 bits per heavy atom. The van der Waals surface area contributed by atoms with Gasteiger partial charge in [0.1, 0.15) is 5.75 Å². The molecule has 1 radical (unpaired) electrons. The van der Waals surface area contributed by atoms with Crippen molar-refractivity contribution in [2.45, 2.75) is 0 Å². The van der Waals surface area contributed by atoms with Gasteiger partial charge in [-0.15, -0.1) is 0 Å². The summed E-state index contributed by atoms with van der Waals surface area (Å²) in [6.07, 6.45) is 2.81. The van der Waals surface area contributed by atoms with Gasteiger partial charge in [0, 0.05) is 5.56 Å². The molecule has 0 atom stereocenters. The molecule has 1 rings (SSSR count). The summed E-state index contributed by atoms with van der Waals surface area (Å²) in [4.78, 5) is 0. The Labute approximate surface area is 80.2 Å². The van der Waals surface area contributed by atoms with Crippen LogP contribution in [0.1, 0.15) is 5.56 Å². The fourth-order valence-electron chi connectivity index (χ4n) is 0.856. The maximum absolute atomic E-state index is 5.16. The lowest BCUT2D eigenvalue weighted by Gasteiger charge is -2.05. The van der Waals surface area contributed by atoms with Crippen LogP contribution in [0.2, 0.25) is 0 Å². The van der Waals surface area contributed by atoms with Crippen LogP contribution in [0.25, 0.3) is 0 Å². The molecular weight excluding hydrogens is 251 g/mol. The zero-order valence-corrected chi connectivity index (χ0v) is 8.38. The average Bonchev–Trinajstić information content (AvgIpc) is 2.04. The van der Waals surface area contributed by atoms with E-state index >= 15 is 0 Å². The summed E-state index contributed by atoms with van der Waals surface area (Å²) < 4.78 is 6.24. The molecule has 0 amide bonds. The molecule has 0 aliphatic rings. The minimum absolute atomic E-state index is 0.850. The van der Waals surface area contributed by atoms with Crippen molar-refractivity contribution in [1.29, 1.82) is 0 Å². The van der Waals surface area contributed by atoms with E-state index < -0.39 is 0 Å². The molecule has 0 bridgehead atoms. The Balaban J connectivity index is 3.23. The molecule has 1 nitrogen and oxygen atoms in total. The van der Waals surface area contributed by atoms with Gasteiger partial charge in [0.25, 0.3) is 0 Å². The van der Waals surface area contributed by atoms with E-state index in [1.165, 1.54) is 0 Å². The maximum Gasteiger partial charge on any atom is 0.139 e. The highest BCUT2D eigenvalue weighted by Gasteiger charge is 2.02. The van der Waals surface area contributed by atoms with Gasteiger partial charge in [-0.05, 0) is 34.7 Å². The van der Waals surface area contributed by atoms with Crippen molar-refractivity contribution < 1.29 is 4.74 Å². The summed E-state index contributed by atoms with van der Waals surface area (Å²) in [7, 11) is 1.65. The molecule has 57 valence electrons. The van der Waals surface area contributed by atoms with E-state index in [4.69, 9.17) is 4.74 Å². The van der Waals surface area contributed by atoms with E-state index in [2.05, 4.69) is 35.2 Å². The van der Waals surface area contributed by atoms with Crippen LogP contribution in [-0.2, 0) is 0 Å². The molecular formula is C9H8IO. The van der Waals surface area contributed by atoms with Crippen molar-refractivity contribution in [3.8, 4) is 5.75 Å². The van der Waals surface area contributed by atoms with Gasteiger partial charge in [-0.1, -0.05) is 18.7 Å². The van der Waals surface area contributed by atoms with Crippen LogP contribution in [0.3, 0.4) is 0 Å². The normalized spacial score (nSPS) is 9.27. The highest BCUT2D eigenvalue weighted by molar-refractivity contribution is 14.1. The number of hydrogen-bond donors (Lipinski definition) is 0. The van der Waals surface area contributed by atoms with Crippen molar-refractivity contribution in [3.63, 3.8) is 0 Å². The summed E-state index contributed by atoms with van der Waals surface area (Å²) in [6, 6.07) is 5.87. The van der Waals surface area contributed by atoms with Crippen molar-refractivity contribution in [2.24, 2.45) is 0 Å². The Kier molecular flexibility index (Phi) is 2.93. The van der Waals surface area contributed by atoms with Crippen molar-refractivity contribution in [3.05, 3.63) is 40.0 Å². The van der Waals surface area contributed by atoms with Crippen LogP contribution < -0.4 is 4.74 Å². The fraction of sp³-hybridized carbons (Fsp3) is 0.111. The van der Waals surface area contributed by atoms with E-state index in [1.54, 1.807) is 7.11 Å². The van der Waals surface area contributed by atoms with E-state index in [1.807, 2.05) is 18.2 Å². The van der Waals surface area contributed by atoms with Gasteiger partial charge in [-0.25, -0.2) is 0 Å². The van der Waals surface area contributed by atoms with Gasteiger partial charge in [-0.3, -0.25) is 0 Å². The lowest BCUT2D eigenvalue weighted by molar-refractivity contribution is 0.410. The van der Waals surface area contributed by atoms with Gasteiger partial charge in [0.05, 0.1) is 10.7 Å². The Morgan fingerprint density at radius 2 is 2.27 bits per heavy atom. The van der Waals surface area contributed by atoms with Gasteiger partial charge >= 0.3 is 0 Å². The number of ether oxygens (including phenoxy) is 1. The fourth-order valence-corrected chi connectivity index (χ4v) is 1.57. The third-order valence-electron chi connectivity index (χ3n) is 1.36. The Bertz CT molecular complexity index is 268. The summed E-state index contributed by atoms with van der Waals surface area (Å²) in [5.41, 5.74) is 0.916. The molecule has 0 heterocycles. The van der Waals surface area contributed by atoms with Crippen LogP contribution >= 0.6 is 22.6 Å². The first-order valence-corrected chi connectivity index (χ1v) is 4.23. The van der Waals surface area contributed by atoms with Crippen molar-refractivity contribution >= 4 is 22.6 Å². The van der Waals surface area contributed by atoms with Crippen LogP contribution in [0.5, 0.6) is 5.75 Å². The molecule has 0 saturated heterocycles. The molecule has 2 heteroatoms. The van der Waals surface area contributed by atoms with Crippen LogP contribution in [0.15, 0.2) is 24.8 Å². The summed E-state index contributed by atoms with van der Waals surface area (Å²) in [5, 5.41) is 0. The van der Waals surface area contributed by atoms with E-state index in [0.717, 1.165) is 14.9 Å². The summed E-state index contributed by atoms with van der Waals surface area (Å²) in [5.74, 6) is 0.850. The SMILES string of the molecule is C=[C]c1cccc(I)c1OC. The zero-order valence-electron chi connectivity index (χ0n) is 6.23. The van der Waals surface area contributed by atoms with Gasteiger partial charge in [0.2, 0.25) is 0 Å². The third kappa shape index (κ3) is 1.74. The minimum atomic E-state index is 0.850. The maximum atomic E-state index is 5.16. The number of methoxy groups -OCH3 is 1. The van der Waals surface area contributed by atoms with E-state index in [0.29, 0.717) is 0 Å². The number of halogens is 1. The lowest BCUT2D eigenvalue weighted by Crippen LogP contribution is -1.89. The Hall–Kier alpha value is -0.510. The molecule has 0 aliphatic carbocycles. The molecule has 0 aliphatic heterocycles. The third-order valence-corrected chi connectivity index (χ3v) is 2.21. The number of hydrogen-bond acceptors (Lipinski definition) is 1. The van der Waals surface area contributed by atoms with Crippen molar-refractivity contribution in [2.75, 3.05) is 7.11 Å². The first kappa shape index (κ1) is 8.59. The topological polar surface area (TPSA) is 9.23 Å². The molecule has 0 unspecified atom stereocenters. The van der Waals surface area contributed by atoms with Crippen LogP contribution in [0, 0.1) is 9.65 Å². The average molecular weight is 259 g/mol. The van der Waals surface area contributed by atoms with Gasteiger partial charge in [0.15, 0.2) is 0 Å². The quantitative estimate of drug-likeness (QED) is 0.742. The summed E-state index contributed by atoms with van der Waals surface area (Å²) in [6.45, 7) is 3.57. The second-order valence-electron chi connectivity index (χ2n) is 2.00. The first-order valence-electron chi connectivity index (χ1n) is 3.15. The van der Waals surface area contributed by atoms with Gasteiger partial charge in [-0.2, -0.15) is 0 Å². The number of rotatable bonds is 2. The lowest BCUT2D eigenvalue weighted by atomic mass is 10.2. The Morgan fingerprint density at radius 1 is 1.55 bits per heavy atom. The predicted molar refractivity (Wildman–Crippen MR) is 53.7 cm³/mol. The second kappa shape index (κ2) is 3.76. The van der Waals surface area contributed by atoms with E-state index in [9.17, 15) is 0 Å². The first-order chi connectivity index (χ1) is 5.29. The zero-order chi connectivity index (χ0) is 8.27. The number of benzene rings is 1. The smallest absolute Gasteiger partial charge is 0.139 e. The molecule has 0 saturated carbocycles. The second-order valence-corrected chi connectivity index (χ2v) is 3.16. The molecule has 11 heavy (non-hydrogen) atoms. The molecule has 1 aromatic carbocycles. The number of para-hydroxylation sites is 1. The van der Waals surface area contributed by atoms with Gasteiger partial charge < -0.3 is 4.74 Å². The minimum Gasteiger partial charge on any atom is -0.495 e. The molecule has 0 fully saturated rings. The standard InChI is InChI=1S/C9H8IO/c1-3-7-5-4-6-8(10)9(7)11-2/h4-6H,1H2,2H3. The van der Waals surface area contributed by atoms with Crippen molar-refractivity contribution in [1.82, 2.24) is 0 Å². The molecule has 0 N–H and O–H groups in total. The van der Waals surface area contributed by atoms with E-state index in [-0.39, 0.29) is 0 Å².